The Hall–Kier alpha value is -1.37. The molecule has 19 heavy (non-hydrogen) atoms. The molecule has 1 heterocycles. The molecule has 7 heteroatoms. The lowest BCUT2D eigenvalue weighted by atomic mass is 10.2. The van der Waals surface area contributed by atoms with E-state index >= 15 is 0 Å². The zero-order chi connectivity index (χ0) is 14.3. The van der Waals surface area contributed by atoms with Gasteiger partial charge < -0.3 is 19.5 Å². The van der Waals surface area contributed by atoms with Crippen LogP contribution in [0.2, 0.25) is 5.15 Å². The minimum absolute atomic E-state index is 0.108. The third kappa shape index (κ3) is 4.66. The molecule has 0 unspecified atom stereocenters. The largest absolute Gasteiger partial charge is 0.478 e. The van der Waals surface area contributed by atoms with Crippen LogP contribution in [0, 0.1) is 0 Å². The van der Waals surface area contributed by atoms with Crippen LogP contribution in [-0.4, -0.2) is 56.6 Å². The SMILES string of the molecule is COCCN(CCOC)c1nc(Cl)ccc1C(=O)O. The lowest BCUT2D eigenvalue weighted by Gasteiger charge is -2.24. The molecule has 0 aliphatic rings. The van der Waals surface area contributed by atoms with Crippen molar-refractivity contribution in [3.63, 3.8) is 0 Å². The summed E-state index contributed by atoms with van der Waals surface area (Å²) in [6, 6.07) is 2.90. The summed E-state index contributed by atoms with van der Waals surface area (Å²) in [4.78, 5) is 17.1. The molecule has 106 valence electrons. The smallest absolute Gasteiger partial charge is 0.339 e. The van der Waals surface area contributed by atoms with E-state index in [-0.39, 0.29) is 10.7 Å². The van der Waals surface area contributed by atoms with Crippen molar-refractivity contribution >= 4 is 23.4 Å². The highest BCUT2D eigenvalue weighted by atomic mass is 35.5. The van der Waals surface area contributed by atoms with Gasteiger partial charge >= 0.3 is 5.97 Å². The third-order valence-corrected chi connectivity index (χ3v) is 2.71. The second-order valence-electron chi connectivity index (χ2n) is 3.78. The van der Waals surface area contributed by atoms with Crippen molar-refractivity contribution in [1.29, 1.82) is 0 Å². The van der Waals surface area contributed by atoms with E-state index in [4.69, 9.17) is 21.1 Å². The number of methoxy groups -OCH3 is 2. The van der Waals surface area contributed by atoms with Gasteiger partial charge in [0.25, 0.3) is 0 Å². The molecule has 1 N–H and O–H groups in total. The van der Waals surface area contributed by atoms with E-state index in [2.05, 4.69) is 4.98 Å². The van der Waals surface area contributed by atoms with Gasteiger partial charge in [0, 0.05) is 27.3 Å². The van der Waals surface area contributed by atoms with E-state index in [0.29, 0.717) is 32.1 Å². The molecule has 0 aliphatic heterocycles. The van der Waals surface area contributed by atoms with E-state index in [1.165, 1.54) is 12.1 Å². The summed E-state index contributed by atoms with van der Waals surface area (Å²) in [7, 11) is 3.16. The second kappa shape index (κ2) is 7.93. The Bertz CT molecular complexity index is 420. The lowest BCUT2D eigenvalue weighted by molar-refractivity contribution is 0.0697. The monoisotopic (exact) mass is 288 g/mol. The number of carboxylic acid groups (broad SMARTS) is 1. The maximum atomic E-state index is 11.2. The molecule has 0 bridgehead atoms. The minimum Gasteiger partial charge on any atom is -0.478 e. The average molecular weight is 289 g/mol. The van der Waals surface area contributed by atoms with Gasteiger partial charge in [0.05, 0.1) is 13.2 Å². The van der Waals surface area contributed by atoms with E-state index in [9.17, 15) is 9.90 Å². The van der Waals surface area contributed by atoms with Crippen molar-refractivity contribution in [1.82, 2.24) is 4.98 Å². The summed E-state index contributed by atoms with van der Waals surface area (Å²) >= 11 is 5.84. The number of hydrogen-bond acceptors (Lipinski definition) is 5. The second-order valence-corrected chi connectivity index (χ2v) is 4.17. The van der Waals surface area contributed by atoms with Crippen molar-refractivity contribution < 1.29 is 19.4 Å². The van der Waals surface area contributed by atoms with Crippen LogP contribution in [0.5, 0.6) is 0 Å². The van der Waals surface area contributed by atoms with Gasteiger partial charge in [-0.05, 0) is 12.1 Å². The predicted octanol–water partition coefficient (Wildman–Crippen LogP) is 1.53. The van der Waals surface area contributed by atoms with Crippen LogP contribution in [-0.2, 0) is 9.47 Å². The number of rotatable bonds is 8. The number of halogens is 1. The van der Waals surface area contributed by atoms with Crippen molar-refractivity contribution in [3.8, 4) is 0 Å². The summed E-state index contributed by atoms with van der Waals surface area (Å²) in [6.07, 6.45) is 0. The third-order valence-electron chi connectivity index (χ3n) is 2.50. The van der Waals surface area contributed by atoms with Crippen LogP contribution >= 0.6 is 11.6 Å². The van der Waals surface area contributed by atoms with Crippen LogP contribution in [0.15, 0.2) is 12.1 Å². The molecule has 6 nitrogen and oxygen atoms in total. The van der Waals surface area contributed by atoms with E-state index < -0.39 is 5.97 Å². The summed E-state index contributed by atoms with van der Waals surface area (Å²) in [5.74, 6) is -0.715. The number of nitrogens with zero attached hydrogens (tertiary/aromatic N) is 2. The van der Waals surface area contributed by atoms with Crippen LogP contribution < -0.4 is 4.90 Å². The molecule has 1 aromatic heterocycles. The molecule has 0 saturated carbocycles. The molecule has 1 rings (SSSR count). The number of hydrogen-bond donors (Lipinski definition) is 1. The zero-order valence-electron chi connectivity index (χ0n) is 10.9. The number of anilines is 1. The Balaban J connectivity index is 3.03. The van der Waals surface area contributed by atoms with E-state index in [0.717, 1.165) is 0 Å². The average Bonchev–Trinajstić information content (AvgIpc) is 2.38. The number of pyridine rings is 1. The van der Waals surface area contributed by atoms with Crippen molar-refractivity contribution in [3.05, 3.63) is 22.8 Å². The van der Waals surface area contributed by atoms with Gasteiger partial charge in [-0.3, -0.25) is 0 Å². The number of aromatic nitrogens is 1. The first kappa shape index (κ1) is 15.7. The number of carbonyl (C=O) groups is 1. The molecule has 1 aromatic rings. The highest BCUT2D eigenvalue weighted by Gasteiger charge is 2.18. The molecule has 0 amide bonds. The normalized spacial score (nSPS) is 10.5. The fourth-order valence-corrected chi connectivity index (χ4v) is 1.70. The number of ether oxygens (including phenoxy) is 2. The van der Waals surface area contributed by atoms with Gasteiger partial charge in [0.1, 0.15) is 16.5 Å². The van der Waals surface area contributed by atoms with Crippen molar-refractivity contribution in [2.24, 2.45) is 0 Å². The van der Waals surface area contributed by atoms with Gasteiger partial charge in [-0.1, -0.05) is 11.6 Å². The lowest BCUT2D eigenvalue weighted by Crippen LogP contribution is -2.32. The first-order chi connectivity index (χ1) is 9.10. The van der Waals surface area contributed by atoms with Crippen molar-refractivity contribution in [2.75, 3.05) is 45.4 Å². The van der Waals surface area contributed by atoms with Crippen LogP contribution in [0.3, 0.4) is 0 Å². The quantitative estimate of drug-likeness (QED) is 0.732. The molecular formula is C12H17ClN2O4. The zero-order valence-corrected chi connectivity index (χ0v) is 11.7. The molecule has 0 spiro atoms. The molecular weight excluding hydrogens is 272 g/mol. The summed E-state index contributed by atoms with van der Waals surface area (Å²) < 4.78 is 10.0. The van der Waals surface area contributed by atoms with Gasteiger partial charge in [-0.15, -0.1) is 0 Å². The number of carboxylic acids is 1. The highest BCUT2D eigenvalue weighted by Crippen LogP contribution is 2.20. The van der Waals surface area contributed by atoms with Gasteiger partial charge in [-0.2, -0.15) is 0 Å². The summed E-state index contributed by atoms with van der Waals surface area (Å²) in [5.41, 5.74) is 0.108. The maximum absolute atomic E-state index is 11.2. The Labute approximate surface area is 116 Å². The Morgan fingerprint density at radius 2 is 1.89 bits per heavy atom. The summed E-state index contributed by atoms with van der Waals surface area (Å²) in [5, 5.41) is 9.43. The maximum Gasteiger partial charge on any atom is 0.339 e. The molecule has 0 atom stereocenters. The van der Waals surface area contributed by atoms with Crippen LogP contribution in [0.1, 0.15) is 10.4 Å². The fourth-order valence-electron chi connectivity index (χ4n) is 1.56. The minimum atomic E-state index is -1.04. The van der Waals surface area contributed by atoms with E-state index in [1.54, 1.807) is 19.1 Å². The molecule has 0 aliphatic carbocycles. The van der Waals surface area contributed by atoms with Crippen molar-refractivity contribution in [2.45, 2.75) is 0 Å². The first-order valence-electron chi connectivity index (χ1n) is 5.72. The van der Waals surface area contributed by atoms with E-state index in [1.807, 2.05) is 0 Å². The standard InChI is InChI=1S/C12H17ClN2O4/c1-18-7-5-15(6-8-19-2)11-9(12(16)17)3-4-10(13)14-11/h3-4H,5-8H2,1-2H3,(H,16,17). The molecule has 0 fully saturated rings. The molecule has 0 radical (unpaired) electrons. The van der Waals surface area contributed by atoms with Crippen LogP contribution in [0.25, 0.3) is 0 Å². The van der Waals surface area contributed by atoms with Crippen LogP contribution in [0.4, 0.5) is 5.82 Å². The Kier molecular flexibility index (Phi) is 6.55. The Morgan fingerprint density at radius 3 is 2.37 bits per heavy atom. The van der Waals surface area contributed by atoms with Gasteiger partial charge in [-0.25, -0.2) is 9.78 Å². The highest BCUT2D eigenvalue weighted by molar-refractivity contribution is 6.29. The predicted molar refractivity (Wildman–Crippen MR) is 72.2 cm³/mol. The number of aromatic carboxylic acids is 1. The van der Waals surface area contributed by atoms with Gasteiger partial charge in [0.2, 0.25) is 0 Å². The molecule has 0 saturated heterocycles. The fraction of sp³-hybridized carbons (Fsp3) is 0.500. The summed E-state index contributed by atoms with van der Waals surface area (Å²) in [6.45, 7) is 1.93. The first-order valence-corrected chi connectivity index (χ1v) is 6.10. The Morgan fingerprint density at radius 1 is 1.32 bits per heavy atom. The molecule has 0 aromatic carbocycles. The topological polar surface area (TPSA) is 71.9 Å². The van der Waals surface area contributed by atoms with Gasteiger partial charge in [0.15, 0.2) is 0 Å².